The number of aromatic nitrogens is 2. The summed E-state index contributed by atoms with van der Waals surface area (Å²) in [6.45, 7) is 0. The molecule has 0 atom stereocenters. The molecule has 1 aromatic rings. The van der Waals surface area contributed by atoms with Gasteiger partial charge in [-0.3, -0.25) is 0 Å². The molecular formula is C6H8ClN3O2S. The fraction of sp³-hybridized carbons (Fsp3) is 0.333. The molecule has 2 N–H and O–H groups in total. The van der Waals surface area contributed by atoms with E-state index in [1.807, 2.05) is 0 Å². The zero-order valence-corrected chi connectivity index (χ0v) is 8.23. The first-order valence-electron chi connectivity index (χ1n) is 3.37. The van der Waals surface area contributed by atoms with Crippen LogP contribution < -0.4 is 5.73 Å². The summed E-state index contributed by atoms with van der Waals surface area (Å²) < 4.78 is 22.2. The molecule has 0 radical (unpaired) electrons. The highest BCUT2D eigenvalue weighted by atomic mass is 35.5. The number of nitrogens with two attached hydrogens (primary N) is 1. The topological polar surface area (TPSA) is 85.9 Å². The molecule has 2 heterocycles. The van der Waals surface area contributed by atoms with E-state index in [0.717, 1.165) is 0 Å². The Bertz CT molecular complexity index is 432. The minimum absolute atomic E-state index is 0. The molecule has 0 spiro atoms. The van der Waals surface area contributed by atoms with Gasteiger partial charge in [-0.25, -0.2) is 18.4 Å². The molecular weight excluding hydrogens is 214 g/mol. The van der Waals surface area contributed by atoms with E-state index in [4.69, 9.17) is 5.73 Å². The van der Waals surface area contributed by atoms with Crippen LogP contribution in [0.2, 0.25) is 0 Å². The average molecular weight is 222 g/mol. The lowest BCUT2D eigenvalue weighted by Gasteiger charge is -1.94. The highest BCUT2D eigenvalue weighted by Crippen LogP contribution is 2.22. The molecule has 72 valence electrons. The zero-order chi connectivity index (χ0) is 8.77. The van der Waals surface area contributed by atoms with Crippen molar-refractivity contribution in [3.05, 3.63) is 17.5 Å². The largest absolute Gasteiger partial charge is 0.368 e. The molecule has 1 aliphatic rings. The Labute approximate surface area is 81.7 Å². The van der Waals surface area contributed by atoms with Crippen molar-refractivity contribution in [1.82, 2.24) is 9.97 Å². The van der Waals surface area contributed by atoms with Gasteiger partial charge in [-0.1, -0.05) is 0 Å². The Hall–Kier alpha value is -0.880. The number of hydrogen-bond donors (Lipinski definition) is 1. The SMILES string of the molecule is Cl.Nc1ncc2c(n1)CS(=O)(=O)C2. The van der Waals surface area contributed by atoms with Gasteiger partial charge in [0.25, 0.3) is 0 Å². The van der Waals surface area contributed by atoms with Crippen LogP contribution in [0.4, 0.5) is 5.95 Å². The van der Waals surface area contributed by atoms with Crippen molar-refractivity contribution in [1.29, 1.82) is 0 Å². The van der Waals surface area contributed by atoms with E-state index >= 15 is 0 Å². The Morgan fingerprint density at radius 1 is 1.38 bits per heavy atom. The van der Waals surface area contributed by atoms with E-state index in [1.165, 1.54) is 6.20 Å². The number of nitrogen functional groups attached to an aromatic ring is 1. The van der Waals surface area contributed by atoms with E-state index in [0.29, 0.717) is 11.3 Å². The lowest BCUT2D eigenvalue weighted by atomic mass is 10.3. The van der Waals surface area contributed by atoms with Gasteiger partial charge in [-0.05, 0) is 0 Å². The molecule has 0 unspecified atom stereocenters. The minimum Gasteiger partial charge on any atom is -0.368 e. The van der Waals surface area contributed by atoms with Crippen LogP contribution in [0.3, 0.4) is 0 Å². The van der Waals surface area contributed by atoms with Gasteiger partial charge in [-0.15, -0.1) is 12.4 Å². The minimum atomic E-state index is -2.98. The van der Waals surface area contributed by atoms with Crippen molar-refractivity contribution >= 4 is 28.2 Å². The van der Waals surface area contributed by atoms with Crippen molar-refractivity contribution < 1.29 is 8.42 Å². The van der Waals surface area contributed by atoms with Gasteiger partial charge in [-0.2, -0.15) is 0 Å². The van der Waals surface area contributed by atoms with Crippen LogP contribution in [0.5, 0.6) is 0 Å². The second-order valence-electron chi connectivity index (χ2n) is 2.73. The fourth-order valence-corrected chi connectivity index (χ4v) is 2.68. The normalized spacial score (nSPS) is 17.5. The maximum absolute atomic E-state index is 11.1. The number of nitrogens with zero attached hydrogens (tertiary/aromatic N) is 2. The highest BCUT2D eigenvalue weighted by molar-refractivity contribution is 7.90. The molecule has 1 aromatic heterocycles. The van der Waals surface area contributed by atoms with Crippen LogP contribution in [0.15, 0.2) is 6.20 Å². The van der Waals surface area contributed by atoms with Crippen molar-refractivity contribution in [3.8, 4) is 0 Å². The molecule has 0 saturated heterocycles. The molecule has 0 saturated carbocycles. The van der Waals surface area contributed by atoms with E-state index in [-0.39, 0.29) is 29.9 Å². The fourth-order valence-electron chi connectivity index (χ4n) is 1.20. The number of anilines is 1. The highest BCUT2D eigenvalue weighted by Gasteiger charge is 2.26. The van der Waals surface area contributed by atoms with Gasteiger partial charge < -0.3 is 5.73 Å². The quantitative estimate of drug-likeness (QED) is 0.662. The van der Waals surface area contributed by atoms with Crippen molar-refractivity contribution in [2.45, 2.75) is 11.5 Å². The summed E-state index contributed by atoms with van der Waals surface area (Å²) in [7, 11) is -2.98. The zero-order valence-electron chi connectivity index (χ0n) is 6.60. The molecule has 0 fully saturated rings. The predicted octanol–water partition coefficient (Wildman–Crippen LogP) is -0.0910. The first-order valence-corrected chi connectivity index (χ1v) is 5.20. The Balaban J connectivity index is 0.000000845. The summed E-state index contributed by atoms with van der Waals surface area (Å²) in [5.74, 6) is 0.170. The van der Waals surface area contributed by atoms with Crippen molar-refractivity contribution in [2.75, 3.05) is 5.73 Å². The second-order valence-corrected chi connectivity index (χ2v) is 4.80. The van der Waals surface area contributed by atoms with Crippen LogP contribution in [0.1, 0.15) is 11.3 Å². The molecule has 0 aliphatic carbocycles. The molecule has 13 heavy (non-hydrogen) atoms. The Kier molecular flexibility index (Phi) is 2.44. The third kappa shape index (κ3) is 1.89. The maximum atomic E-state index is 11.1. The number of sulfone groups is 1. The summed E-state index contributed by atoms with van der Waals surface area (Å²) in [6, 6.07) is 0. The number of hydrogen-bond acceptors (Lipinski definition) is 5. The number of halogens is 1. The van der Waals surface area contributed by atoms with Crippen molar-refractivity contribution in [2.24, 2.45) is 0 Å². The van der Waals surface area contributed by atoms with Crippen LogP contribution in [-0.4, -0.2) is 18.4 Å². The molecule has 0 amide bonds. The number of fused-ring (bicyclic) bond motifs is 1. The van der Waals surface area contributed by atoms with Crippen LogP contribution in [-0.2, 0) is 21.3 Å². The first-order chi connectivity index (χ1) is 5.57. The van der Waals surface area contributed by atoms with E-state index in [1.54, 1.807) is 0 Å². The molecule has 2 rings (SSSR count). The molecule has 1 aliphatic heterocycles. The van der Waals surface area contributed by atoms with Crippen LogP contribution in [0.25, 0.3) is 0 Å². The standard InChI is InChI=1S/C6H7N3O2S.ClH/c7-6-8-1-4-2-12(10,11)3-5(4)9-6;/h1H,2-3H2,(H2,7,8,9);1H. The molecule has 5 nitrogen and oxygen atoms in total. The van der Waals surface area contributed by atoms with E-state index in [9.17, 15) is 8.42 Å². The van der Waals surface area contributed by atoms with Gasteiger partial charge in [0, 0.05) is 11.8 Å². The van der Waals surface area contributed by atoms with E-state index < -0.39 is 9.84 Å². The average Bonchev–Trinajstić information content (AvgIpc) is 2.21. The van der Waals surface area contributed by atoms with Crippen molar-refractivity contribution in [3.63, 3.8) is 0 Å². The lowest BCUT2D eigenvalue weighted by molar-refractivity contribution is 0.598. The third-order valence-electron chi connectivity index (χ3n) is 1.70. The van der Waals surface area contributed by atoms with Gasteiger partial charge >= 0.3 is 0 Å². The molecule has 7 heteroatoms. The predicted molar refractivity (Wildman–Crippen MR) is 50.0 cm³/mol. The van der Waals surface area contributed by atoms with Crippen LogP contribution >= 0.6 is 12.4 Å². The summed E-state index contributed by atoms with van der Waals surface area (Å²) in [5, 5.41) is 0. The molecule has 0 aromatic carbocycles. The maximum Gasteiger partial charge on any atom is 0.220 e. The Morgan fingerprint density at radius 3 is 2.77 bits per heavy atom. The van der Waals surface area contributed by atoms with Crippen LogP contribution in [0, 0.1) is 0 Å². The molecule has 0 bridgehead atoms. The van der Waals surface area contributed by atoms with Gasteiger partial charge in [0.1, 0.15) is 0 Å². The first kappa shape index (κ1) is 10.2. The second kappa shape index (κ2) is 3.12. The Morgan fingerprint density at radius 2 is 2.08 bits per heavy atom. The lowest BCUT2D eigenvalue weighted by Crippen LogP contribution is -1.98. The summed E-state index contributed by atoms with van der Waals surface area (Å²) in [4.78, 5) is 7.56. The van der Waals surface area contributed by atoms with Gasteiger partial charge in [0.15, 0.2) is 9.84 Å². The van der Waals surface area contributed by atoms with Gasteiger partial charge in [0.05, 0.1) is 17.2 Å². The van der Waals surface area contributed by atoms with E-state index in [2.05, 4.69) is 9.97 Å². The third-order valence-corrected chi connectivity index (χ3v) is 3.17. The monoisotopic (exact) mass is 221 g/mol. The summed E-state index contributed by atoms with van der Waals surface area (Å²) >= 11 is 0. The smallest absolute Gasteiger partial charge is 0.220 e. The van der Waals surface area contributed by atoms with Gasteiger partial charge in [0.2, 0.25) is 5.95 Å². The summed E-state index contributed by atoms with van der Waals surface area (Å²) in [5.41, 5.74) is 6.52. The number of rotatable bonds is 0. The summed E-state index contributed by atoms with van der Waals surface area (Å²) in [6.07, 6.45) is 1.47.